The van der Waals surface area contributed by atoms with Crippen LogP contribution in [0, 0.1) is 5.82 Å². The lowest BCUT2D eigenvalue weighted by atomic mass is 10.0. The van der Waals surface area contributed by atoms with Gasteiger partial charge in [-0.2, -0.15) is 0 Å². The summed E-state index contributed by atoms with van der Waals surface area (Å²) in [5, 5.41) is 0. The number of rotatable bonds is 6. The zero-order valence-corrected chi connectivity index (χ0v) is 18.9. The molecule has 0 aliphatic carbocycles. The van der Waals surface area contributed by atoms with E-state index in [-0.39, 0.29) is 30.1 Å². The van der Waals surface area contributed by atoms with Crippen LogP contribution in [0.25, 0.3) is 0 Å². The van der Waals surface area contributed by atoms with Gasteiger partial charge in [0.1, 0.15) is 17.5 Å². The van der Waals surface area contributed by atoms with Gasteiger partial charge in [-0.25, -0.2) is 14.4 Å². The van der Waals surface area contributed by atoms with Gasteiger partial charge in [0.2, 0.25) is 5.91 Å². The Labute approximate surface area is 192 Å². The monoisotopic (exact) mass is 447 g/mol. The van der Waals surface area contributed by atoms with Gasteiger partial charge in [-0.15, -0.1) is 0 Å². The minimum absolute atomic E-state index is 0.0328. The molecule has 1 aromatic heterocycles. The fraction of sp³-hybridized carbons (Fsp3) is 0.280. The van der Waals surface area contributed by atoms with E-state index in [2.05, 4.69) is 4.98 Å². The zero-order valence-electron chi connectivity index (χ0n) is 18.9. The summed E-state index contributed by atoms with van der Waals surface area (Å²) in [7, 11) is 5.49. The molecule has 1 aliphatic rings. The molecule has 1 aliphatic heterocycles. The summed E-state index contributed by atoms with van der Waals surface area (Å²) in [4.78, 5) is 39.9. The summed E-state index contributed by atoms with van der Waals surface area (Å²) >= 11 is 0. The summed E-state index contributed by atoms with van der Waals surface area (Å²) in [5.41, 5.74) is 2.02. The Morgan fingerprint density at radius 2 is 1.76 bits per heavy atom. The van der Waals surface area contributed by atoms with Crippen LogP contribution in [-0.2, 0) is 11.3 Å². The zero-order chi connectivity index (χ0) is 23.5. The molecular weight excluding hydrogens is 421 g/mol. The van der Waals surface area contributed by atoms with E-state index in [4.69, 9.17) is 4.98 Å². The highest BCUT2D eigenvalue weighted by Gasteiger charge is 2.33. The van der Waals surface area contributed by atoms with Crippen LogP contribution >= 0.6 is 0 Å². The molecule has 0 bridgehead atoms. The molecule has 3 aromatic rings. The first kappa shape index (κ1) is 22.4. The molecule has 1 atom stereocenters. The van der Waals surface area contributed by atoms with Crippen molar-refractivity contribution in [3.63, 3.8) is 0 Å². The SMILES string of the molecule is CN(Cc1nc(C2CC(=O)N(c3ccc(F)cc3)C2)cc(N(C)C)n1)C(=O)c1ccccc1. The third-order valence-corrected chi connectivity index (χ3v) is 5.66. The van der Waals surface area contributed by atoms with Crippen LogP contribution in [0.3, 0.4) is 0 Å². The average Bonchev–Trinajstić information content (AvgIpc) is 3.21. The number of carbonyl (C=O) groups excluding carboxylic acids is 2. The smallest absolute Gasteiger partial charge is 0.254 e. The van der Waals surface area contributed by atoms with Crippen molar-refractivity contribution in [3.05, 3.63) is 83.6 Å². The number of hydrogen-bond acceptors (Lipinski definition) is 5. The number of carbonyl (C=O) groups is 2. The molecule has 0 spiro atoms. The van der Waals surface area contributed by atoms with Crippen molar-refractivity contribution < 1.29 is 14.0 Å². The van der Waals surface area contributed by atoms with Crippen molar-refractivity contribution >= 4 is 23.3 Å². The largest absolute Gasteiger partial charge is 0.363 e. The molecule has 0 saturated carbocycles. The van der Waals surface area contributed by atoms with E-state index in [1.165, 1.54) is 12.1 Å². The maximum absolute atomic E-state index is 13.3. The molecular formula is C25H26FN5O2. The summed E-state index contributed by atoms with van der Waals surface area (Å²) in [6.45, 7) is 0.692. The van der Waals surface area contributed by atoms with E-state index in [0.717, 1.165) is 5.69 Å². The first-order chi connectivity index (χ1) is 15.8. The third-order valence-electron chi connectivity index (χ3n) is 5.66. The first-order valence-corrected chi connectivity index (χ1v) is 10.7. The minimum Gasteiger partial charge on any atom is -0.363 e. The van der Waals surface area contributed by atoms with Gasteiger partial charge in [0.15, 0.2) is 0 Å². The highest BCUT2D eigenvalue weighted by molar-refractivity contribution is 5.96. The topological polar surface area (TPSA) is 69.6 Å². The van der Waals surface area contributed by atoms with Gasteiger partial charge in [0.25, 0.3) is 5.91 Å². The van der Waals surface area contributed by atoms with E-state index < -0.39 is 0 Å². The maximum Gasteiger partial charge on any atom is 0.254 e. The molecule has 0 N–H and O–H groups in total. The Kier molecular flexibility index (Phi) is 6.35. The molecule has 4 rings (SSSR count). The lowest BCUT2D eigenvalue weighted by Gasteiger charge is -2.20. The van der Waals surface area contributed by atoms with Crippen molar-refractivity contribution in [1.29, 1.82) is 0 Å². The van der Waals surface area contributed by atoms with Crippen molar-refractivity contribution in [1.82, 2.24) is 14.9 Å². The second kappa shape index (κ2) is 9.36. The highest BCUT2D eigenvalue weighted by atomic mass is 19.1. The molecule has 2 aromatic carbocycles. The Balaban J connectivity index is 1.57. The molecule has 2 heterocycles. The number of halogens is 1. The standard InChI is InChI=1S/C25H26FN5O2/c1-29(2)23-14-21(18-13-24(32)31(15-18)20-11-9-19(26)10-12-20)27-22(28-23)16-30(3)25(33)17-7-5-4-6-8-17/h4-12,14,18H,13,15-16H2,1-3H3. The van der Waals surface area contributed by atoms with E-state index in [0.29, 0.717) is 35.9 Å². The van der Waals surface area contributed by atoms with Crippen molar-refractivity contribution in [3.8, 4) is 0 Å². The summed E-state index contributed by atoms with van der Waals surface area (Å²) < 4.78 is 13.3. The van der Waals surface area contributed by atoms with Gasteiger partial charge < -0.3 is 14.7 Å². The van der Waals surface area contributed by atoms with Crippen molar-refractivity contribution in [2.75, 3.05) is 37.5 Å². The van der Waals surface area contributed by atoms with Gasteiger partial charge in [0, 0.05) is 57.3 Å². The number of hydrogen-bond donors (Lipinski definition) is 0. The van der Waals surface area contributed by atoms with Crippen LogP contribution in [-0.4, -0.2) is 54.4 Å². The molecule has 1 unspecified atom stereocenters. The molecule has 33 heavy (non-hydrogen) atoms. The van der Waals surface area contributed by atoms with Gasteiger partial charge >= 0.3 is 0 Å². The second-order valence-electron chi connectivity index (χ2n) is 8.37. The maximum atomic E-state index is 13.3. The van der Waals surface area contributed by atoms with Crippen LogP contribution in [0.2, 0.25) is 0 Å². The van der Waals surface area contributed by atoms with Crippen LogP contribution in [0.4, 0.5) is 15.9 Å². The van der Waals surface area contributed by atoms with E-state index in [9.17, 15) is 14.0 Å². The van der Waals surface area contributed by atoms with Crippen LogP contribution in [0.5, 0.6) is 0 Å². The Morgan fingerprint density at radius 1 is 1.06 bits per heavy atom. The van der Waals surface area contributed by atoms with Crippen molar-refractivity contribution in [2.45, 2.75) is 18.9 Å². The van der Waals surface area contributed by atoms with Crippen LogP contribution in [0.1, 0.15) is 34.2 Å². The van der Waals surface area contributed by atoms with Crippen LogP contribution in [0.15, 0.2) is 60.7 Å². The average molecular weight is 448 g/mol. The lowest BCUT2D eigenvalue weighted by Crippen LogP contribution is -2.28. The number of aromatic nitrogens is 2. The predicted molar refractivity (Wildman–Crippen MR) is 125 cm³/mol. The molecule has 0 radical (unpaired) electrons. The third kappa shape index (κ3) is 5.00. The number of benzene rings is 2. The van der Waals surface area contributed by atoms with Crippen molar-refractivity contribution in [2.24, 2.45) is 0 Å². The minimum atomic E-state index is -0.341. The molecule has 1 saturated heterocycles. The van der Waals surface area contributed by atoms with E-state index in [1.807, 2.05) is 43.3 Å². The highest BCUT2D eigenvalue weighted by Crippen LogP contribution is 2.32. The summed E-state index contributed by atoms with van der Waals surface area (Å²) in [6.07, 6.45) is 0.305. The Morgan fingerprint density at radius 3 is 2.42 bits per heavy atom. The number of nitrogens with zero attached hydrogens (tertiary/aromatic N) is 5. The lowest BCUT2D eigenvalue weighted by molar-refractivity contribution is -0.117. The fourth-order valence-electron chi connectivity index (χ4n) is 3.87. The van der Waals surface area contributed by atoms with Gasteiger partial charge in [-0.3, -0.25) is 9.59 Å². The summed E-state index contributed by atoms with van der Waals surface area (Å²) in [5.74, 6) is 0.605. The molecule has 7 nitrogen and oxygen atoms in total. The van der Waals surface area contributed by atoms with Gasteiger partial charge in [-0.05, 0) is 36.4 Å². The predicted octanol–water partition coefficient (Wildman–Crippen LogP) is 3.47. The Bertz CT molecular complexity index is 1150. The molecule has 2 amide bonds. The normalized spacial score (nSPS) is 15.6. The van der Waals surface area contributed by atoms with E-state index in [1.54, 1.807) is 41.1 Å². The summed E-state index contributed by atoms with van der Waals surface area (Å²) in [6, 6.07) is 16.9. The van der Waals surface area contributed by atoms with Crippen LogP contribution < -0.4 is 9.80 Å². The second-order valence-corrected chi connectivity index (χ2v) is 8.37. The fourth-order valence-corrected chi connectivity index (χ4v) is 3.87. The van der Waals surface area contributed by atoms with E-state index >= 15 is 0 Å². The number of amides is 2. The Hall–Kier alpha value is -3.81. The first-order valence-electron chi connectivity index (χ1n) is 10.7. The van der Waals surface area contributed by atoms with Gasteiger partial charge in [-0.1, -0.05) is 18.2 Å². The quantitative estimate of drug-likeness (QED) is 0.579. The molecule has 170 valence electrons. The number of anilines is 2. The molecule has 8 heteroatoms. The molecule has 1 fully saturated rings. The van der Waals surface area contributed by atoms with Gasteiger partial charge in [0.05, 0.1) is 12.2 Å².